The Bertz CT molecular complexity index is 878. The summed E-state index contributed by atoms with van der Waals surface area (Å²) in [5, 5.41) is 0.662. The number of rotatable bonds is 6. The van der Waals surface area contributed by atoms with Crippen LogP contribution < -0.4 is 9.64 Å². The number of amides is 1. The summed E-state index contributed by atoms with van der Waals surface area (Å²) in [6.07, 6.45) is 1.76. The van der Waals surface area contributed by atoms with Crippen LogP contribution in [0.25, 0.3) is 0 Å². The van der Waals surface area contributed by atoms with Gasteiger partial charge in [-0.05, 0) is 67.9 Å². The summed E-state index contributed by atoms with van der Waals surface area (Å²) in [6, 6.07) is 20.1. The summed E-state index contributed by atoms with van der Waals surface area (Å²) in [4.78, 5) is 19.2. The average Bonchev–Trinajstić information content (AvgIpc) is 2.68. The lowest BCUT2D eigenvalue weighted by Gasteiger charge is -2.22. The predicted octanol–water partition coefficient (Wildman–Crippen LogP) is 5.37. The van der Waals surface area contributed by atoms with Crippen LogP contribution in [0.4, 0.5) is 5.82 Å². The van der Waals surface area contributed by atoms with Gasteiger partial charge in [0.1, 0.15) is 11.6 Å². The maximum atomic E-state index is 13.2. The zero-order chi connectivity index (χ0) is 19.2. The fourth-order valence-electron chi connectivity index (χ4n) is 2.65. The molecule has 0 spiro atoms. The largest absolute Gasteiger partial charge is 0.491 e. The zero-order valence-electron chi connectivity index (χ0n) is 15.3. The quantitative estimate of drug-likeness (QED) is 0.577. The van der Waals surface area contributed by atoms with Gasteiger partial charge in [0, 0.05) is 16.8 Å². The van der Waals surface area contributed by atoms with Crippen molar-refractivity contribution in [2.45, 2.75) is 26.5 Å². The van der Waals surface area contributed by atoms with Crippen LogP contribution in [0.2, 0.25) is 5.02 Å². The predicted molar refractivity (Wildman–Crippen MR) is 108 cm³/mol. The van der Waals surface area contributed by atoms with E-state index in [4.69, 9.17) is 16.3 Å². The molecule has 0 atom stereocenters. The number of nitrogens with zero attached hydrogens (tertiary/aromatic N) is 2. The molecule has 5 heteroatoms. The number of halogens is 1. The Hall–Kier alpha value is -2.85. The van der Waals surface area contributed by atoms with Crippen LogP contribution in [-0.2, 0) is 6.54 Å². The second kappa shape index (κ2) is 8.69. The van der Waals surface area contributed by atoms with Crippen molar-refractivity contribution >= 4 is 23.3 Å². The third-order valence-corrected chi connectivity index (χ3v) is 4.15. The molecule has 0 N–H and O–H groups in total. The van der Waals surface area contributed by atoms with E-state index in [0.29, 0.717) is 22.9 Å². The summed E-state index contributed by atoms with van der Waals surface area (Å²) < 4.78 is 5.65. The van der Waals surface area contributed by atoms with E-state index in [-0.39, 0.29) is 12.0 Å². The molecule has 4 nitrogen and oxygen atoms in total. The minimum atomic E-state index is -0.125. The van der Waals surface area contributed by atoms with E-state index in [0.717, 1.165) is 11.3 Å². The summed E-state index contributed by atoms with van der Waals surface area (Å²) in [5.41, 5.74) is 1.55. The van der Waals surface area contributed by atoms with Crippen molar-refractivity contribution in [3.63, 3.8) is 0 Å². The molecule has 2 aromatic carbocycles. The van der Waals surface area contributed by atoms with E-state index < -0.39 is 0 Å². The lowest BCUT2D eigenvalue weighted by Crippen LogP contribution is -2.31. The number of hydrogen-bond acceptors (Lipinski definition) is 3. The van der Waals surface area contributed by atoms with Crippen LogP contribution >= 0.6 is 11.6 Å². The molecule has 1 amide bonds. The average molecular weight is 381 g/mol. The highest BCUT2D eigenvalue weighted by molar-refractivity contribution is 6.30. The molecule has 0 saturated heterocycles. The van der Waals surface area contributed by atoms with Gasteiger partial charge in [0.05, 0.1) is 12.6 Å². The summed E-state index contributed by atoms with van der Waals surface area (Å²) >= 11 is 5.97. The number of aromatic nitrogens is 1. The second-order valence-electron chi connectivity index (χ2n) is 6.40. The lowest BCUT2D eigenvalue weighted by molar-refractivity contribution is 0.0984. The van der Waals surface area contributed by atoms with Gasteiger partial charge < -0.3 is 4.74 Å². The van der Waals surface area contributed by atoms with E-state index in [1.165, 1.54) is 0 Å². The normalized spacial score (nSPS) is 10.7. The van der Waals surface area contributed by atoms with Crippen molar-refractivity contribution in [2.24, 2.45) is 0 Å². The Morgan fingerprint density at radius 3 is 2.33 bits per heavy atom. The van der Waals surface area contributed by atoms with Crippen molar-refractivity contribution in [1.29, 1.82) is 0 Å². The SMILES string of the molecule is CC(C)Oc1ccc(C(=O)N(Cc2ccc(Cl)cc2)c2ccccn2)cc1. The molecule has 3 aromatic rings. The monoisotopic (exact) mass is 380 g/mol. The molecule has 0 unspecified atom stereocenters. The topological polar surface area (TPSA) is 42.4 Å². The summed E-state index contributed by atoms with van der Waals surface area (Å²) in [6.45, 7) is 4.33. The Morgan fingerprint density at radius 1 is 1.04 bits per heavy atom. The molecule has 138 valence electrons. The lowest BCUT2D eigenvalue weighted by atomic mass is 10.1. The number of pyridine rings is 1. The van der Waals surface area contributed by atoms with E-state index in [1.54, 1.807) is 23.2 Å². The number of anilines is 1. The van der Waals surface area contributed by atoms with Gasteiger partial charge in [-0.3, -0.25) is 9.69 Å². The van der Waals surface area contributed by atoms with Gasteiger partial charge in [-0.15, -0.1) is 0 Å². The van der Waals surface area contributed by atoms with Crippen molar-refractivity contribution in [2.75, 3.05) is 4.90 Å². The van der Waals surface area contributed by atoms with Crippen LogP contribution in [0.3, 0.4) is 0 Å². The Balaban J connectivity index is 1.87. The van der Waals surface area contributed by atoms with Crippen molar-refractivity contribution < 1.29 is 9.53 Å². The first-order valence-corrected chi connectivity index (χ1v) is 9.15. The third-order valence-electron chi connectivity index (χ3n) is 3.90. The molecule has 27 heavy (non-hydrogen) atoms. The van der Waals surface area contributed by atoms with E-state index in [2.05, 4.69) is 4.98 Å². The maximum absolute atomic E-state index is 13.2. The van der Waals surface area contributed by atoms with Gasteiger partial charge in [0.2, 0.25) is 0 Å². The third kappa shape index (κ3) is 5.08. The van der Waals surface area contributed by atoms with E-state index in [9.17, 15) is 4.79 Å². The van der Waals surface area contributed by atoms with Gasteiger partial charge in [-0.25, -0.2) is 4.98 Å². The van der Waals surface area contributed by atoms with Crippen LogP contribution in [0.1, 0.15) is 29.8 Å². The van der Waals surface area contributed by atoms with Gasteiger partial charge in [0.25, 0.3) is 5.91 Å². The van der Waals surface area contributed by atoms with Gasteiger partial charge in [0.15, 0.2) is 0 Å². The number of ether oxygens (including phenoxy) is 1. The molecule has 1 heterocycles. The van der Waals surface area contributed by atoms with Crippen LogP contribution in [-0.4, -0.2) is 17.0 Å². The molecule has 0 bridgehead atoms. The molecule has 0 aliphatic carbocycles. The Labute approximate surface area is 164 Å². The fraction of sp³-hybridized carbons (Fsp3) is 0.182. The molecule has 0 aliphatic rings. The number of carbonyl (C=O) groups excluding carboxylic acids is 1. The smallest absolute Gasteiger partial charge is 0.259 e. The van der Waals surface area contributed by atoms with Crippen molar-refractivity contribution in [3.8, 4) is 5.75 Å². The zero-order valence-corrected chi connectivity index (χ0v) is 16.1. The minimum absolute atomic E-state index is 0.0847. The van der Waals surface area contributed by atoms with Crippen molar-refractivity contribution in [1.82, 2.24) is 4.98 Å². The standard InChI is InChI=1S/C22H21ClN2O2/c1-16(2)27-20-12-8-18(9-13-20)22(26)25(21-5-3-4-14-24-21)15-17-6-10-19(23)11-7-17/h3-14,16H,15H2,1-2H3. The first-order valence-electron chi connectivity index (χ1n) is 8.77. The minimum Gasteiger partial charge on any atom is -0.491 e. The van der Waals surface area contributed by atoms with Gasteiger partial charge in [-0.2, -0.15) is 0 Å². The molecule has 3 rings (SSSR count). The molecule has 0 saturated carbocycles. The molecular weight excluding hydrogens is 360 g/mol. The first kappa shape index (κ1) is 18.9. The summed E-state index contributed by atoms with van der Waals surface area (Å²) in [7, 11) is 0. The van der Waals surface area contributed by atoms with E-state index >= 15 is 0 Å². The molecule has 1 aromatic heterocycles. The Kier molecular flexibility index (Phi) is 6.09. The number of carbonyl (C=O) groups is 1. The molecule has 0 aliphatic heterocycles. The van der Waals surface area contributed by atoms with Crippen LogP contribution in [0.15, 0.2) is 72.9 Å². The summed E-state index contributed by atoms with van der Waals surface area (Å²) in [5.74, 6) is 1.21. The first-order chi connectivity index (χ1) is 13.0. The van der Waals surface area contributed by atoms with Crippen molar-refractivity contribution in [3.05, 3.63) is 89.1 Å². The van der Waals surface area contributed by atoms with Crippen LogP contribution in [0.5, 0.6) is 5.75 Å². The second-order valence-corrected chi connectivity index (χ2v) is 6.83. The van der Waals surface area contributed by atoms with Gasteiger partial charge >= 0.3 is 0 Å². The number of benzene rings is 2. The van der Waals surface area contributed by atoms with E-state index in [1.807, 2.05) is 68.4 Å². The Morgan fingerprint density at radius 2 is 1.74 bits per heavy atom. The molecule has 0 radical (unpaired) electrons. The number of hydrogen-bond donors (Lipinski definition) is 0. The fourth-order valence-corrected chi connectivity index (χ4v) is 2.77. The molecular formula is C22H21ClN2O2. The maximum Gasteiger partial charge on any atom is 0.259 e. The highest BCUT2D eigenvalue weighted by Gasteiger charge is 2.19. The molecule has 0 fully saturated rings. The van der Waals surface area contributed by atoms with Crippen LogP contribution in [0, 0.1) is 0 Å². The highest BCUT2D eigenvalue weighted by atomic mass is 35.5. The highest BCUT2D eigenvalue weighted by Crippen LogP contribution is 2.21. The van der Waals surface area contributed by atoms with Gasteiger partial charge in [-0.1, -0.05) is 29.8 Å².